The van der Waals surface area contributed by atoms with E-state index in [1.54, 1.807) is 17.0 Å². The number of hydrogen-bond donors (Lipinski definition) is 0. The molecule has 3 heterocycles. The molecule has 1 aliphatic rings. The molecule has 0 spiro atoms. The minimum Gasteiger partial charge on any atom is -0.376 e. The maximum Gasteiger partial charge on any atom is 0.227 e. The van der Waals surface area contributed by atoms with E-state index in [2.05, 4.69) is 14.9 Å². The summed E-state index contributed by atoms with van der Waals surface area (Å²) in [4.78, 5) is 10.7. The Hall–Kier alpha value is -1.77. The minimum absolute atomic E-state index is 0.0480. The van der Waals surface area contributed by atoms with Gasteiger partial charge in [0.1, 0.15) is 0 Å². The Labute approximate surface area is 154 Å². The summed E-state index contributed by atoms with van der Waals surface area (Å²) in [6.07, 6.45) is 6.66. The third kappa shape index (κ3) is 4.49. The summed E-state index contributed by atoms with van der Waals surface area (Å²) < 4.78 is 31.7. The van der Waals surface area contributed by atoms with Gasteiger partial charge >= 0.3 is 0 Å². The fourth-order valence-corrected chi connectivity index (χ4v) is 4.11. The summed E-state index contributed by atoms with van der Waals surface area (Å²) in [5.74, 6) is 0. The normalized spacial score (nSPS) is 17.9. The molecule has 2 aromatic rings. The second-order valence-electron chi connectivity index (χ2n) is 6.99. The van der Waals surface area contributed by atoms with Gasteiger partial charge in [0.25, 0.3) is 0 Å². The van der Waals surface area contributed by atoms with Crippen molar-refractivity contribution in [2.45, 2.75) is 50.7 Å². The molecule has 0 N–H and O–H groups in total. The summed E-state index contributed by atoms with van der Waals surface area (Å²) in [6.45, 7) is 4.58. The maximum atomic E-state index is 12.1. The molecule has 1 fully saturated rings. The predicted molar refractivity (Wildman–Crippen MR) is 98.5 cm³/mol. The number of aromatic nitrogens is 3. The van der Waals surface area contributed by atoms with Crippen LogP contribution in [0.25, 0.3) is 0 Å². The average molecular weight is 378 g/mol. The summed E-state index contributed by atoms with van der Waals surface area (Å²) in [5.41, 5.74) is 3.03. The molecule has 2 aromatic heterocycles. The van der Waals surface area contributed by atoms with Crippen LogP contribution < -0.4 is 0 Å². The predicted octanol–water partition coefficient (Wildman–Crippen LogP) is 1.80. The molecule has 7 nitrogen and oxygen atoms in total. The first kappa shape index (κ1) is 19.0. The van der Waals surface area contributed by atoms with Gasteiger partial charge in [-0.25, -0.2) is 13.4 Å². The molecule has 1 unspecified atom stereocenters. The lowest BCUT2D eigenvalue weighted by atomic mass is 10.2. The Morgan fingerprint density at radius 1 is 1.35 bits per heavy atom. The molecule has 0 saturated carbocycles. The van der Waals surface area contributed by atoms with E-state index in [0.717, 1.165) is 36.4 Å². The van der Waals surface area contributed by atoms with Crippen LogP contribution in [-0.4, -0.2) is 53.9 Å². The first-order chi connectivity index (χ1) is 12.3. The number of sulfone groups is 1. The number of aryl methyl sites for hydroxylation is 1. The van der Waals surface area contributed by atoms with Crippen LogP contribution in [0.3, 0.4) is 0 Å². The van der Waals surface area contributed by atoms with Crippen LogP contribution in [0.2, 0.25) is 0 Å². The second kappa shape index (κ2) is 7.85. The molecule has 0 amide bonds. The van der Waals surface area contributed by atoms with Crippen molar-refractivity contribution in [1.29, 1.82) is 0 Å². The highest BCUT2D eigenvalue weighted by Crippen LogP contribution is 2.20. The van der Waals surface area contributed by atoms with Gasteiger partial charge in [0.2, 0.25) is 15.0 Å². The molecule has 0 aliphatic carbocycles. The summed E-state index contributed by atoms with van der Waals surface area (Å²) in [7, 11) is -1.39. The zero-order valence-corrected chi connectivity index (χ0v) is 16.4. The zero-order chi connectivity index (χ0) is 18.7. The lowest BCUT2D eigenvalue weighted by molar-refractivity contribution is 0.0934. The minimum atomic E-state index is -3.39. The summed E-state index contributed by atoms with van der Waals surface area (Å²) in [5, 5.41) is 0.116. The van der Waals surface area contributed by atoms with Crippen molar-refractivity contribution in [1.82, 2.24) is 19.4 Å². The summed E-state index contributed by atoms with van der Waals surface area (Å²) >= 11 is 0. The van der Waals surface area contributed by atoms with E-state index in [0.29, 0.717) is 19.6 Å². The van der Waals surface area contributed by atoms with Crippen molar-refractivity contribution in [3.63, 3.8) is 0 Å². The molecule has 0 bridgehead atoms. The number of pyridine rings is 1. The van der Waals surface area contributed by atoms with E-state index in [-0.39, 0.29) is 11.3 Å². The van der Waals surface area contributed by atoms with Gasteiger partial charge in [0.05, 0.1) is 30.2 Å². The van der Waals surface area contributed by atoms with Gasteiger partial charge in [0, 0.05) is 32.1 Å². The van der Waals surface area contributed by atoms with Gasteiger partial charge < -0.3 is 9.30 Å². The Balaban J connectivity index is 1.80. The zero-order valence-electron chi connectivity index (χ0n) is 15.6. The Bertz CT molecular complexity index is 857. The molecule has 3 rings (SSSR count). The standard InChI is InChI=1S/C18H26N4O3S/c1-14-6-4-8-19-17(14)13-21(2)11-15-10-20-18(26(3,23)24)22(15)12-16-7-5-9-25-16/h4,6,8,10,16H,5,7,9,11-13H2,1-3H3. The fraction of sp³-hybridized carbons (Fsp3) is 0.556. The third-order valence-corrected chi connectivity index (χ3v) is 5.60. The first-order valence-corrected chi connectivity index (χ1v) is 10.7. The first-order valence-electron chi connectivity index (χ1n) is 8.79. The van der Waals surface area contributed by atoms with Gasteiger partial charge in [-0.15, -0.1) is 0 Å². The van der Waals surface area contributed by atoms with Crippen LogP contribution in [0, 0.1) is 6.92 Å². The molecule has 1 aliphatic heterocycles. The van der Waals surface area contributed by atoms with E-state index >= 15 is 0 Å². The highest BCUT2D eigenvalue weighted by molar-refractivity contribution is 7.90. The third-order valence-electron chi connectivity index (χ3n) is 4.61. The molecular formula is C18H26N4O3S. The van der Waals surface area contributed by atoms with Crippen molar-refractivity contribution in [2.75, 3.05) is 19.9 Å². The van der Waals surface area contributed by atoms with E-state index in [4.69, 9.17) is 4.74 Å². The summed E-state index contributed by atoms with van der Waals surface area (Å²) in [6, 6.07) is 3.97. The van der Waals surface area contributed by atoms with E-state index in [1.165, 1.54) is 6.26 Å². The van der Waals surface area contributed by atoms with Crippen LogP contribution in [0.5, 0.6) is 0 Å². The number of rotatable bonds is 7. The van der Waals surface area contributed by atoms with Crippen LogP contribution in [0.15, 0.2) is 29.7 Å². The average Bonchev–Trinajstić information content (AvgIpc) is 3.20. The molecular weight excluding hydrogens is 352 g/mol. The molecule has 8 heteroatoms. The van der Waals surface area contributed by atoms with E-state index in [9.17, 15) is 8.42 Å². The lowest BCUT2D eigenvalue weighted by Crippen LogP contribution is -2.24. The van der Waals surface area contributed by atoms with Crippen LogP contribution in [0.1, 0.15) is 29.8 Å². The van der Waals surface area contributed by atoms with E-state index < -0.39 is 9.84 Å². The second-order valence-corrected chi connectivity index (χ2v) is 8.90. The smallest absolute Gasteiger partial charge is 0.227 e. The molecule has 0 radical (unpaired) electrons. The molecule has 1 atom stereocenters. The Kier molecular flexibility index (Phi) is 5.74. The molecule has 0 aromatic carbocycles. The molecule has 1 saturated heterocycles. The van der Waals surface area contributed by atoms with Gasteiger partial charge in [-0.05, 0) is 38.4 Å². The van der Waals surface area contributed by atoms with Crippen molar-refractivity contribution in [2.24, 2.45) is 0 Å². The topological polar surface area (TPSA) is 77.3 Å². The van der Waals surface area contributed by atoms with Gasteiger partial charge in [-0.2, -0.15) is 0 Å². The number of hydrogen-bond acceptors (Lipinski definition) is 6. The molecule has 26 heavy (non-hydrogen) atoms. The van der Waals surface area contributed by atoms with Crippen molar-refractivity contribution in [3.8, 4) is 0 Å². The molecule has 142 valence electrons. The number of ether oxygens (including phenoxy) is 1. The van der Waals surface area contributed by atoms with Crippen LogP contribution >= 0.6 is 0 Å². The largest absolute Gasteiger partial charge is 0.376 e. The van der Waals surface area contributed by atoms with Crippen molar-refractivity contribution in [3.05, 3.63) is 41.5 Å². The highest BCUT2D eigenvalue weighted by Gasteiger charge is 2.24. The fourth-order valence-electron chi connectivity index (χ4n) is 3.27. The van der Waals surface area contributed by atoms with Crippen molar-refractivity contribution >= 4 is 9.84 Å². The van der Waals surface area contributed by atoms with Crippen LogP contribution in [-0.2, 0) is 34.2 Å². The maximum absolute atomic E-state index is 12.1. The number of nitrogens with zero attached hydrogens (tertiary/aromatic N) is 4. The quantitative estimate of drug-likeness (QED) is 0.731. The van der Waals surface area contributed by atoms with Gasteiger partial charge in [-0.3, -0.25) is 9.88 Å². The SMILES string of the molecule is Cc1cccnc1CN(C)Cc1cnc(S(C)(=O)=O)n1CC1CCCO1. The Morgan fingerprint density at radius 3 is 2.81 bits per heavy atom. The van der Waals surface area contributed by atoms with Gasteiger partial charge in [-0.1, -0.05) is 6.07 Å². The number of imidazole rings is 1. The van der Waals surface area contributed by atoms with Gasteiger partial charge in [0.15, 0.2) is 0 Å². The lowest BCUT2D eigenvalue weighted by Gasteiger charge is -2.20. The van der Waals surface area contributed by atoms with E-state index in [1.807, 2.05) is 26.1 Å². The Morgan fingerprint density at radius 2 is 2.15 bits per heavy atom. The van der Waals surface area contributed by atoms with Crippen LogP contribution in [0.4, 0.5) is 0 Å². The highest BCUT2D eigenvalue weighted by atomic mass is 32.2. The van der Waals surface area contributed by atoms with Crippen molar-refractivity contribution < 1.29 is 13.2 Å². The monoisotopic (exact) mass is 378 g/mol.